The van der Waals surface area contributed by atoms with Gasteiger partial charge in [-0.1, -0.05) is 18.5 Å². The van der Waals surface area contributed by atoms with Crippen LogP contribution in [0.25, 0.3) is 0 Å². The van der Waals surface area contributed by atoms with E-state index in [-0.39, 0.29) is 5.92 Å². The van der Waals surface area contributed by atoms with Crippen molar-refractivity contribution in [3.63, 3.8) is 0 Å². The van der Waals surface area contributed by atoms with Crippen molar-refractivity contribution in [3.8, 4) is 5.75 Å². The Bertz CT molecular complexity index is 424. The van der Waals surface area contributed by atoms with Crippen molar-refractivity contribution in [2.75, 3.05) is 20.2 Å². The summed E-state index contributed by atoms with van der Waals surface area (Å²) in [7, 11) is 1.64. The number of piperidine rings is 1. The van der Waals surface area contributed by atoms with Crippen molar-refractivity contribution >= 4 is 11.6 Å². The van der Waals surface area contributed by atoms with Gasteiger partial charge in [0.15, 0.2) is 0 Å². The first-order valence-electron chi connectivity index (χ1n) is 6.31. The van der Waals surface area contributed by atoms with E-state index >= 15 is 0 Å². The van der Waals surface area contributed by atoms with E-state index in [1.807, 2.05) is 12.1 Å². The van der Waals surface area contributed by atoms with Gasteiger partial charge in [0.2, 0.25) is 0 Å². The maximum absolute atomic E-state index is 10.8. The van der Waals surface area contributed by atoms with Crippen molar-refractivity contribution in [2.24, 2.45) is 5.92 Å². The Labute approximate surface area is 113 Å². The summed E-state index contributed by atoms with van der Waals surface area (Å²) in [5.41, 5.74) is 0.296. The average molecular weight is 270 g/mol. The third-order valence-electron chi connectivity index (χ3n) is 3.84. The predicted octanol–water partition coefficient (Wildman–Crippen LogP) is 2.25. The van der Waals surface area contributed by atoms with E-state index in [2.05, 4.69) is 12.2 Å². The van der Waals surface area contributed by atoms with Crippen LogP contribution in [0.2, 0.25) is 5.02 Å². The molecule has 1 aliphatic rings. The molecule has 3 nitrogen and oxygen atoms in total. The Kier molecular flexibility index (Phi) is 4.15. The molecule has 1 aliphatic heterocycles. The van der Waals surface area contributed by atoms with Crippen LogP contribution in [0.4, 0.5) is 0 Å². The summed E-state index contributed by atoms with van der Waals surface area (Å²) in [6, 6.07) is 5.54. The summed E-state index contributed by atoms with van der Waals surface area (Å²) in [5.74, 6) is 1.01. The Balaban J connectivity index is 2.24. The average Bonchev–Trinajstić information content (AvgIpc) is 2.33. The zero-order valence-corrected chi connectivity index (χ0v) is 11.6. The second-order valence-electron chi connectivity index (χ2n) is 5.09. The van der Waals surface area contributed by atoms with Crippen LogP contribution in [-0.4, -0.2) is 30.9 Å². The molecule has 1 saturated heterocycles. The molecule has 0 radical (unpaired) electrons. The highest BCUT2D eigenvalue weighted by Crippen LogP contribution is 2.32. The highest BCUT2D eigenvalue weighted by Gasteiger charge is 2.36. The molecule has 1 fully saturated rings. The fourth-order valence-corrected chi connectivity index (χ4v) is 2.73. The maximum atomic E-state index is 10.8. The molecule has 0 saturated carbocycles. The third kappa shape index (κ3) is 2.79. The first-order valence-corrected chi connectivity index (χ1v) is 6.68. The molecule has 0 aliphatic carbocycles. The quantitative estimate of drug-likeness (QED) is 0.884. The van der Waals surface area contributed by atoms with E-state index in [1.165, 1.54) is 0 Å². The van der Waals surface area contributed by atoms with Gasteiger partial charge in [-0.25, -0.2) is 0 Å². The number of hydrogen-bond donors (Lipinski definition) is 2. The molecule has 2 unspecified atom stereocenters. The molecule has 1 heterocycles. The van der Waals surface area contributed by atoms with Gasteiger partial charge >= 0.3 is 0 Å². The highest BCUT2D eigenvalue weighted by molar-refractivity contribution is 6.30. The lowest BCUT2D eigenvalue weighted by atomic mass is 9.78. The molecule has 1 aromatic carbocycles. The van der Waals surface area contributed by atoms with Gasteiger partial charge in [-0.15, -0.1) is 0 Å². The van der Waals surface area contributed by atoms with Gasteiger partial charge in [0.1, 0.15) is 5.75 Å². The number of ether oxygens (including phenoxy) is 1. The van der Waals surface area contributed by atoms with E-state index in [4.69, 9.17) is 16.3 Å². The molecule has 100 valence electrons. The summed E-state index contributed by atoms with van der Waals surface area (Å²) in [5, 5.41) is 14.7. The second-order valence-corrected chi connectivity index (χ2v) is 5.53. The smallest absolute Gasteiger partial charge is 0.122 e. The molecule has 1 aromatic rings. The molecule has 0 amide bonds. The summed E-state index contributed by atoms with van der Waals surface area (Å²) in [4.78, 5) is 0. The van der Waals surface area contributed by atoms with E-state index in [1.54, 1.807) is 13.2 Å². The summed E-state index contributed by atoms with van der Waals surface area (Å²) in [6.07, 6.45) is 1.34. The zero-order valence-electron chi connectivity index (χ0n) is 10.9. The topological polar surface area (TPSA) is 41.5 Å². The van der Waals surface area contributed by atoms with Gasteiger partial charge in [0.05, 0.1) is 12.7 Å². The van der Waals surface area contributed by atoms with Crippen LogP contribution in [-0.2, 0) is 6.42 Å². The van der Waals surface area contributed by atoms with Gasteiger partial charge < -0.3 is 15.2 Å². The Morgan fingerprint density at radius 3 is 3.00 bits per heavy atom. The van der Waals surface area contributed by atoms with Gasteiger partial charge in [0, 0.05) is 18.0 Å². The van der Waals surface area contributed by atoms with Crippen molar-refractivity contribution in [1.29, 1.82) is 0 Å². The molecular weight excluding hydrogens is 250 g/mol. The first kappa shape index (κ1) is 13.7. The lowest BCUT2D eigenvalue weighted by Crippen LogP contribution is -2.50. The number of methoxy groups -OCH3 is 1. The van der Waals surface area contributed by atoms with E-state index in [0.717, 1.165) is 30.8 Å². The van der Waals surface area contributed by atoms with Crippen molar-refractivity contribution in [2.45, 2.75) is 25.4 Å². The van der Waals surface area contributed by atoms with Crippen molar-refractivity contribution in [3.05, 3.63) is 28.8 Å². The fraction of sp³-hybridized carbons (Fsp3) is 0.571. The number of nitrogens with one attached hydrogen (secondary N) is 1. The molecule has 18 heavy (non-hydrogen) atoms. The number of benzene rings is 1. The number of aliphatic hydroxyl groups is 1. The van der Waals surface area contributed by atoms with Crippen LogP contribution in [0.5, 0.6) is 5.75 Å². The maximum Gasteiger partial charge on any atom is 0.122 e. The minimum Gasteiger partial charge on any atom is -0.496 e. The van der Waals surface area contributed by atoms with Gasteiger partial charge in [-0.2, -0.15) is 0 Å². The highest BCUT2D eigenvalue weighted by atomic mass is 35.5. The minimum absolute atomic E-state index is 0.218. The van der Waals surface area contributed by atoms with Crippen LogP contribution in [0.15, 0.2) is 18.2 Å². The third-order valence-corrected chi connectivity index (χ3v) is 4.08. The molecule has 2 rings (SSSR count). The van der Waals surface area contributed by atoms with Gasteiger partial charge in [0.25, 0.3) is 0 Å². The van der Waals surface area contributed by atoms with Crippen LogP contribution < -0.4 is 10.1 Å². The Hall–Kier alpha value is -0.770. The monoisotopic (exact) mass is 269 g/mol. The lowest BCUT2D eigenvalue weighted by Gasteiger charge is -2.39. The molecule has 2 N–H and O–H groups in total. The van der Waals surface area contributed by atoms with Crippen LogP contribution in [0.3, 0.4) is 0 Å². The predicted molar refractivity (Wildman–Crippen MR) is 73.3 cm³/mol. The molecule has 0 spiro atoms. The van der Waals surface area contributed by atoms with E-state index in [0.29, 0.717) is 11.4 Å². The van der Waals surface area contributed by atoms with Crippen LogP contribution in [0, 0.1) is 5.92 Å². The SMILES string of the molecule is COc1ccc(Cl)cc1CC1(O)CCNCC1C. The molecule has 0 bridgehead atoms. The second kappa shape index (κ2) is 5.47. The lowest BCUT2D eigenvalue weighted by molar-refractivity contribution is -0.0333. The summed E-state index contributed by atoms with van der Waals surface area (Å²) in [6.45, 7) is 3.77. The van der Waals surface area contributed by atoms with Crippen LogP contribution >= 0.6 is 11.6 Å². The molecule has 0 aromatic heterocycles. The van der Waals surface area contributed by atoms with E-state index < -0.39 is 5.60 Å². The Morgan fingerprint density at radius 1 is 1.56 bits per heavy atom. The van der Waals surface area contributed by atoms with E-state index in [9.17, 15) is 5.11 Å². The molecule has 4 heteroatoms. The van der Waals surface area contributed by atoms with Gasteiger partial charge in [-0.3, -0.25) is 0 Å². The normalized spacial score (nSPS) is 28.1. The van der Waals surface area contributed by atoms with Crippen molar-refractivity contribution in [1.82, 2.24) is 5.32 Å². The number of halogens is 1. The standard InChI is InChI=1S/C14H20ClNO2/c1-10-9-16-6-5-14(10,17)8-11-7-12(15)3-4-13(11)18-2/h3-4,7,10,16-17H,5-6,8-9H2,1-2H3. The van der Waals surface area contributed by atoms with Crippen LogP contribution in [0.1, 0.15) is 18.9 Å². The zero-order chi connectivity index (χ0) is 13.2. The fourth-order valence-electron chi connectivity index (χ4n) is 2.54. The largest absolute Gasteiger partial charge is 0.496 e. The van der Waals surface area contributed by atoms with Gasteiger partial charge in [-0.05, 0) is 42.6 Å². The minimum atomic E-state index is -0.677. The molecule has 2 atom stereocenters. The summed E-state index contributed by atoms with van der Waals surface area (Å²) < 4.78 is 5.34. The Morgan fingerprint density at radius 2 is 2.33 bits per heavy atom. The number of rotatable bonds is 3. The molecular formula is C14H20ClNO2. The number of hydrogen-bond acceptors (Lipinski definition) is 3. The first-order chi connectivity index (χ1) is 8.55. The summed E-state index contributed by atoms with van der Waals surface area (Å²) >= 11 is 6.02. The van der Waals surface area contributed by atoms with Crippen molar-refractivity contribution < 1.29 is 9.84 Å².